The average molecular weight is 451 g/mol. The van der Waals surface area contributed by atoms with Crippen molar-refractivity contribution in [3.63, 3.8) is 0 Å². The van der Waals surface area contributed by atoms with Crippen LogP contribution in [0.3, 0.4) is 0 Å². The fourth-order valence-corrected chi connectivity index (χ4v) is 5.61. The molecule has 4 rings (SSSR count). The molecular weight excluding hydrogens is 424 g/mol. The Balaban J connectivity index is 2.08. The van der Waals surface area contributed by atoms with Crippen LogP contribution in [0, 0.1) is 78.1 Å². The highest BCUT2D eigenvalue weighted by atomic mass is 32.1. The maximum absolute atomic E-state index is 9.65. The number of hydrogen-bond acceptors (Lipinski definition) is 5. The minimum absolute atomic E-state index is 0.757. The lowest BCUT2D eigenvalue weighted by Gasteiger charge is -2.20. The minimum atomic E-state index is 0.757. The predicted octanol–water partition coefficient (Wildman–Crippen LogP) is 7.24. The molecule has 5 heteroatoms. The number of nitriles is 2. The fraction of sp³-hybridized carbons (Fsp3) is 0.286. The summed E-state index contributed by atoms with van der Waals surface area (Å²) in [6.07, 6.45) is 0. The van der Waals surface area contributed by atoms with Gasteiger partial charge in [0.15, 0.2) is 0 Å². The largest absolute Gasteiger partial charge is 0.192 e. The summed E-state index contributed by atoms with van der Waals surface area (Å²) in [6.45, 7) is 16.4. The van der Waals surface area contributed by atoms with Crippen molar-refractivity contribution in [2.45, 2.75) is 55.4 Å². The molecule has 4 nitrogen and oxygen atoms in total. The second-order valence-electron chi connectivity index (χ2n) is 8.85. The lowest BCUT2D eigenvalue weighted by Crippen LogP contribution is -2.02. The first-order valence-electron chi connectivity index (χ1n) is 10.9. The Morgan fingerprint density at radius 3 is 1.12 bits per heavy atom. The Kier molecular flexibility index (Phi) is 5.56. The summed E-state index contributed by atoms with van der Waals surface area (Å²) in [7, 11) is 0. The summed E-state index contributed by atoms with van der Waals surface area (Å²) in [5.74, 6) is 0. The Labute approximate surface area is 199 Å². The van der Waals surface area contributed by atoms with Crippen molar-refractivity contribution in [1.29, 1.82) is 10.5 Å². The zero-order valence-corrected chi connectivity index (χ0v) is 21.2. The van der Waals surface area contributed by atoms with Crippen LogP contribution < -0.4 is 0 Å². The normalized spacial score (nSPS) is 11.0. The number of hydrogen-bond donors (Lipinski definition) is 0. The molecule has 0 aliphatic carbocycles. The first-order valence-corrected chi connectivity index (χ1v) is 11.7. The average Bonchev–Trinajstić information content (AvgIpc) is 3.29. The molecule has 0 N–H and O–H groups in total. The van der Waals surface area contributed by atoms with Crippen molar-refractivity contribution in [1.82, 2.24) is 8.75 Å². The Bertz CT molecular complexity index is 1380. The van der Waals surface area contributed by atoms with Crippen LogP contribution in [0.25, 0.3) is 33.3 Å². The van der Waals surface area contributed by atoms with Crippen LogP contribution in [-0.2, 0) is 0 Å². The van der Waals surface area contributed by atoms with Crippen LogP contribution in [0.2, 0.25) is 0 Å². The van der Waals surface area contributed by atoms with E-state index in [0.29, 0.717) is 0 Å². The van der Waals surface area contributed by atoms with Crippen molar-refractivity contribution in [3.8, 4) is 34.4 Å². The Morgan fingerprint density at radius 2 is 0.848 bits per heavy atom. The third-order valence-corrected chi connectivity index (χ3v) is 7.96. The Hall–Kier alpha value is -3.54. The molecule has 0 atom stereocenters. The summed E-state index contributed by atoms with van der Waals surface area (Å²) in [5, 5.41) is 19.3. The molecule has 0 unspecified atom stereocenters. The molecule has 0 fully saturated rings. The molecule has 0 saturated carbocycles. The van der Waals surface area contributed by atoms with Gasteiger partial charge in [-0.25, -0.2) is 0 Å². The van der Waals surface area contributed by atoms with Crippen LogP contribution in [0.4, 0.5) is 0 Å². The van der Waals surface area contributed by atoms with E-state index in [1.807, 2.05) is 27.7 Å². The second-order valence-corrected chi connectivity index (χ2v) is 9.37. The first kappa shape index (κ1) is 22.6. The summed E-state index contributed by atoms with van der Waals surface area (Å²) in [6, 6.07) is 9.02. The third kappa shape index (κ3) is 3.16. The summed E-state index contributed by atoms with van der Waals surface area (Å²) in [4.78, 5) is 0. The van der Waals surface area contributed by atoms with Crippen LogP contribution in [-0.4, -0.2) is 8.75 Å². The van der Waals surface area contributed by atoms with Gasteiger partial charge in [-0.2, -0.15) is 19.3 Å². The molecule has 3 aromatic carbocycles. The van der Waals surface area contributed by atoms with Gasteiger partial charge in [-0.3, -0.25) is 0 Å². The van der Waals surface area contributed by atoms with Gasteiger partial charge in [0.25, 0.3) is 0 Å². The van der Waals surface area contributed by atoms with E-state index >= 15 is 0 Å². The van der Waals surface area contributed by atoms with Gasteiger partial charge in [0.05, 0.1) is 35.0 Å². The zero-order valence-electron chi connectivity index (χ0n) is 20.4. The summed E-state index contributed by atoms with van der Waals surface area (Å²) < 4.78 is 9.43. The van der Waals surface area contributed by atoms with E-state index in [1.54, 1.807) is 0 Å². The molecule has 1 heterocycles. The second kappa shape index (κ2) is 8.10. The van der Waals surface area contributed by atoms with E-state index in [4.69, 9.17) is 8.75 Å². The number of fused-ring (bicyclic) bond motifs is 1. The summed E-state index contributed by atoms with van der Waals surface area (Å²) in [5.41, 5.74) is 16.1. The highest BCUT2D eigenvalue weighted by Gasteiger charge is 2.23. The number of nitrogens with zero attached hydrogens (tertiary/aromatic N) is 4. The van der Waals surface area contributed by atoms with Crippen molar-refractivity contribution < 1.29 is 0 Å². The molecule has 164 valence electrons. The number of rotatable bonds is 2. The monoisotopic (exact) mass is 450 g/mol. The van der Waals surface area contributed by atoms with E-state index in [1.165, 1.54) is 11.7 Å². The molecule has 0 radical (unpaired) electrons. The molecule has 0 aliphatic heterocycles. The first-order chi connectivity index (χ1) is 15.6. The van der Waals surface area contributed by atoms with Crippen molar-refractivity contribution >= 4 is 22.8 Å². The van der Waals surface area contributed by atoms with Gasteiger partial charge in [0.1, 0.15) is 11.0 Å². The van der Waals surface area contributed by atoms with E-state index in [2.05, 4.69) is 52.0 Å². The third-order valence-electron chi connectivity index (χ3n) is 7.43. The van der Waals surface area contributed by atoms with Crippen LogP contribution in [0.15, 0.2) is 12.1 Å². The van der Waals surface area contributed by atoms with Gasteiger partial charge in [0.2, 0.25) is 0 Å². The van der Waals surface area contributed by atoms with E-state index in [9.17, 15) is 10.5 Å². The lowest BCUT2D eigenvalue weighted by molar-refractivity contribution is 1.21. The van der Waals surface area contributed by atoms with Gasteiger partial charge in [-0.15, -0.1) is 0 Å². The highest BCUT2D eigenvalue weighted by Crippen LogP contribution is 2.42. The standard InChI is InChI=1S/C28H26N4S/c1-13-17(5)25(18(6)14(2)23(13)11-29)21-9-10-22(28-27(21)31-33-32-28)26-19(7)15(3)24(12-30)16(4)20(26)8/h9-10H,1-8H3. The molecule has 0 bridgehead atoms. The quantitative estimate of drug-likeness (QED) is 0.323. The smallest absolute Gasteiger partial charge is 0.113 e. The number of benzene rings is 3. The van der Waals surface area contributed by atoms with Crippen LogP contribution >= 0.6 is 11.7 Å². The highest BCUT2D eigenvalue weighted by molar-refractivity contribution is 7.00. The predicted molar refractivity (Wildman–Crippen MR) is 136 cm³/mol. The van der Waals surface area contributed by atoms with Gasteiger partial charge in [-0.05, 0) is 111 Å². The van der Waals surface area contributed by atoms with Crippen molar-refractivity contribution in [3.05, 3.63) is 67.8 Å². The number of aromatic nitrogens is 2. The maximum Gasteiger partial charge on any atom is 0.113 e. The molecule has 0 saturated heterocycles. The maximum atomic E-state index is 9.65. The van der Waals surface area contributed by atoms with Gasteiger partial charge < -0.3 is 0 Å². The van der Waals surface area contributed by atoms with Gasteiger partial charge >= 0.3 is 0 Å². The molecule has 1 aromatic heterocycles. The van der Waals surface area contributed by atoms with Gasteiger partial charge in [-0.1, -0.05) is 12.1 Å². The molecule has 4 aromatic rings. The van der Waals surface area contributed by atoms with E-state index in [-0.39, 0.29) is 0 Å². The van der Waals surface area contributed by atoms with Crippen molar-refractivity contribution in [2.24, 2.45) is 0 Å². The van der Waals surface area contributed by atoms with E-state index in [0.717, 1.165) is 88.9 Å². The zero-order chi connectivity index (χ0) is 24.2. The lowest BCUT2D eigenvalue weighted by atomic mass is 9.83. The SMILES string of the molecule is Cc1c(C)c(-c2ccc(-c3c(C)c(C)c(C#N)c(C)c3C)c3nsnc23)c(C)c(C)c1C#N. The topological polar surface area (TPSA) is 73.4 Å². The van der Waals surface area contributed by atoms with Crippen LogP contribution in [0.5, 0.6) is 0 Å². The molecule has 0 aliphatic rings. The van der Waals surface area contributed by atoms with Gasteiger partial charge in [0, 0.05) is 11.1 Å². The minimum Gasteiger partial charge on any atom is -0.192 e. The molecule has 0 spiro atoms. The van der Waals surface area contributed by atoms with Crippen LogP contribution in [0.1, 0.15) is 55.6 Å². The molecular formula is C28H26N4S. The fourth-order valence-electron chi connectivity index (χ4n) is 5.04. The van der Waals surface area contributed by atoms with E-state index < -0.39 is 0 Å². The van der Waals surface area contributed by atoms with Crippen molar-refractivity contribution in [2.75, 3.05) is 0 Å². The molecule has 0 amide bonds. The molecule has 33 heavy (non-hydrogen) atoms. The summed E-state index contributed by atoms with van der Waals surface area (Å²) >= 11 is 1.22. The Morgan fingerprint density at radius 1 is 0.545 bits per heavy atom.